The molecule has 0 aliphatic carbocycles. The van der Waals surface area contributed by atoms with E-state index in [1.807, 2.05) is 6.08 Å². The second-order valence-corrected chi connectivity index (χ2v) is 3.81. The average molecular weight is 243 g/mol. The van der Waals surface area contributed by atoms with E-state index in [0.717, 1.165) is 10.2 Å². The Hall–Kier alpha value is -0.210. The van der Waals surface area contributed by atoms with Crippen molar-refractivity contribution in [2.75, 3.05) is 5.75 Å². The zero-order valence-electron chi connectivity index (χ0n) is 6.92. The first-order valence-corrected chi connectivity index (χ1v) is 5.20. The van der Waals surface area contributed by atoms with E-state index in [1.165, 1.54) is 11.1 Å². The van der Waals surface area contributed by atoms with Crippen molar-refractivity contribution in [3.63, 3.8) is 0 Å². The fourth-order valence-corrected chi connectivity index (χ4v) is 1.40. The summed E-state index contributed by atoms with van der Waals surface area (Å²) in [5.41, 5.74) is 2.47. The first-order chi connectivity index (χ1) is 5.74. The quantitative estimate of drug-likeness (QED) is 0.752. The smallest absolute Gasteiger partial charge is 0.0210 e. The van der Waals surface area contributed by atoms with Crippen LogP contribution in [0.2, 0.25) is 0 Å². The molecule has 0 heterocycles. The van der Waals surface area contributed by atoms with Gasteiger partial charge in [-0.1, -0.05) is 40.2 Å². The monoisotopic (exact) mass is 242 g/mol. The zero-order chi connectivity index (χ0) is 8.97. The van der Waals surface area contributed by atoms with Gasteiger partial charge in [0.25, 0.3) is 0 Å². The van der Waals surface area contributed by atoms with Crippen molar-refractivity contribution >= 4 is 34.6 Å². The van der Waals surface area contributed by atoms with E-state index >= 15 is 0 Å². The summed E-state index contributed by atoms with van der Waals surface area (Å²) in [5.74, 6) is 0.783. The Balaban J connectivity index is 2.89. The molecule has 2 heteroatoms. The van der Waals surface area contributed by atoms with Crippen molar-refractivity contribution in [2.45, 2.75) is 6.92 Å². The predicted octanol–water partition coefficient (Wildman–Crippen LogP) is 3.70. The van der Waals surface area contributed by atoms with Gasteiger partial charge < -0.3 is 0 Å². The zero-order valence-corrected chi connectivity index (χ0v) is 9.40. The summed E-state index contributed by atoms with van der Waals surface area (Å²) < 4.78 is 1.16. The van der Waals surface area contributed by atoms with Crippen LogP contribution in [0.15, 0.2) is 28.7 Å². The third kappa shape index (κ3) is 2.68. The molecule has 1 aromatic carbocycles. The maximum absolute atomic E-state index is 4.10. The van der Waals surface area contributed by atoms with Crippen molar-refractivity contribution in [3.8, 4) is 0 Å². The highest BCUT2D eigenvalue weighted by molar-refractivity contribution is 9.10. The highest BCUT2D eigenvalue weighted by Crippen LogP contribution is 2.18. The number of benzene rings is 1. The summed E-state index contributed by atoms with van der Waals surface area (Å²) >= 11 is 7.58. The second kappa shape index (κ2) is 4.73. The lowest BCUT2D eigenvalue weighted by atomic mass is 10.1. The molecule has 0 nitrogen and oxygen atoms in total. The van der Waals surface area contributed by atoms with Gasteiger partial charge >= 0.3 is 0 Å². The summed E-state index contributed by atoms with van der Waals surface area (Å²) in [6.45, 7) is 2.08. The molecule has 0 amide bonds. The van der Waals surface area contributed by atoms with Crippen LogP contribution in [0.3, 0.4) is 0 Å². The van der Waals surface area contributed by atoms with Gasteiger partial charge in [-0.3, -0.25) is 0 Å². The normalized spacial score (nSPS) is 10.9. The SMILES string of the molecule is Cc1ccc(C=CCS)cc1Br. The first kappa shape index (κ1) is 9.87. The molecule has 0 bridgehead atoms. The number of hydrogen-bond donors (Lipinski definition) is 1. The molecular formula is C10H11BrS. The van der Waals surface area contributed by atoms with Crippen LogP contribution in [-0.4, -0.2) is 5.75 Å². The molecule has 0 fully saturated rings. The van der Waals surface area contributed by atoms with Gasteiger partial charge in [-0.05, 0) is 24.1 Å². The van der Waals surface area contributed by atoms with E-state index in [9.17, 15) is 0 Å². The maximum Gasteiger partial charge on any atom is 0.0210 e. The predicted molar refractivity (Wildman–Crippen MR) is 61.8 cm³/mol. The van der Waals surface area contributed by atoms with Gasteiger partial charge in [-0.25, -0.2) is 0 Å². The Morgan fingerprint density at radius 2 is 2.25 bits per heavy atom. The van der Waals surface area contributed by atoms with Crippen molar-refractivity contribution in [1.82, 2.24) is 0 Å². The molecule has 0 saturated heterocycles. The van der Waals surface area contributed by atoms with Gasteiger partial charge in [0.1, 0.15) is 0 Å². The third-order valence-corrected chi connectivity index (χ3v) is 2.68. The molecule has 0 atom stereocenters. The van der Waals surface area contributed by atoms with Crippen LogP contribution >= 0.6 is 28.6 Å². The number of hydrogen-bond acceptors (Lipinski definition) is 1. The van der Waals surface area contributed by atoms with Crippen LogP contribution in [0.5, 0.6) is 0 Å². The Morgan fingerprint density at radius 1 is 1.50 bits per heavy atom. The lowest BCUT2D eigenvalue weighted by molar-refractivity contribution is 1.42. The average Bonchev–Trinajstić information content (AvgIpc) is 2.07. The number of halogens is 1. The highest BCUT2D eigenvalue weighted by atomic mass is 79.9. The van der Waals surface area contributed by atoms with Gasteiger partial charge in [-0.15, -0.1) is 0 Å². The highest BCUT2D eigenvalue weighted by Gasteiger charge is 1.93. The summed E-state index contributed by atoms with van der Waals surface area (Å²) in [6.07, 6.45) is 4.09. The lowest BCUT2D eigenvalue weighted by Crippen LogP contribution is -1.77. The molecule has 0 aliphatic rings. The Labute approximate surface area is 87.2 Å². The molecule has 0 aromatic heterocycles. The van der Waals surface area contributed by atoms with Crippen LogP contribution < -0.4 is 0 Å². The molecule has 1 rings (SSSR count). The summed E-state index contributed by atoms with van der Waals surface area (Å²) in [5, 5.41) is 0. The summed E-state index contributed by atoms with van der Waals surface area (Å²) in [6, 6.07) is 6.30. The molecule has 64 valence electrons. The van der Waals surface area contributed by atoms with E-state index in [0.29, 0.717) is 0 Å². The third-order valence-electron chi connectivity index (χ3n) is 1.61. The van der Waals surface area contributed by atoms with E-state index in [1.54, 1.807) is 0 Å². The molecular weight excluding hydrogens is 232 g/mol. The first-order valence-electron chi connectivity index (χ1n) is 3.77. The van der Waals surface area contributed by atoms with Crippen molar-refractivity contribution in [2.24, 2.45) is 0 Å². The minimum Gasteiger partial charge on any atom is -0.175 e. The lowest BCUT2D eigenvalue weighted by Gasteiger charge is -1.98. The van der Waals surface area contributed by atoms with Crippen molar-refractivity contribution in [1.29, 1.82) is 0 Å². The van der Waals surface area contributed by atoms with Gasteiger partial charge in [0, 0.05) is 10.2 Å². The van der Waals surface area contributed by atoms with Crippen LogP contribution in [0, 0.1) is 6.92 Å². The minimum atomic E-state index is 0.783. The van der Waals surface area contributed by atoms with E-state index in [-0.39, 0.29) is 0 Å². The van der Waals surface area contributed by atoms with Crippen LogP contribution in [-0.2, 0) is 0 Å². The molecule has 1 aromatic rings. The fourth-order valence-electron chi connectivity index (χ4n) is 0.902. The number of rotatable bonds is 2. The van der Waals surface area contributed by atoms with Gasteiger partial charge in [-0.2, -0.15) is 12.6 Å². The standard InChI is InChI=1S/C10H11BrS/c1-8-4-5-9(3-2-6-12)7-10(8)11/h2-5,7,12H,6H2,1H3. The summed E-state index contributed by atoms with van der Waals surface area (Å²) in [4.78, 5) is 0. The van der Waals surface area contributed by atoms with E-state index in [4.69, 9.17) is 0 Å². The molecule has 12 heavy (non-hydrogen) atoms. The molecule has 0 saturated carbocycles. The Kier molecular flexibility index (Phi) is 3.89. The van der Waals surface area contributed by atoms with Crippen LogP contribution in [0.25, 0.3) is 6.08 Å². The van der Waals surface area contributed by atoms with Gasteiger partial charge in [0.15, 0.2) is 0 Å². The van der Waals surface area contributed by atoms with Crippen molar-refractivity contribution < 1.29 is 0 Å². The Morgan fingerprint density at radius 3 is 2.83 bits per heavy atom. The van der Waals surface area contributed by atoms with Crippen LogP contribution in [0.1, 0.15) is 11.1 Å². The summed E-state index contributed by atoms with van der Waals surface area (Å²) in [7, 11) is 0. The minimum absolute atomic E-state index is 0.783. The van der Waals surface area contributed by atoms with Gasteiger partial charge in [0.2, 0.25) is 0 Å². The van der Waals surface area contributed by atoms with E-state index < -0.39 is 0 Å². The molecule has 0 N–H and O–H groups in total. The topological polar surface area (TPSA) is 0 Å². The molecule has 0 aliphatic heterocycles. The van der Waals surface area contributed by atoms with Crippen LogP contribution in [0.4, 0.5) is 0 Å². The second-order valence-electron chi connectivity index (χ2n) is 2.59. The molecule has 0 radical (unpaired) electrons. The number of thiol groups is 1. The van der Waals surface area contributed by atoms with Crippen molar-refractivity contribution in [3.05, 3.63) is 39.9 Å². The fraction of sp³-hybridized carbons (Fsp3) is 0.200. The molecule has 0 unspecified atom stereocenters. The largest absolute Gasteiger partial charge is 0.175 e. The number of aryl methyl sites for hydroxylation is 1. The Bertz CT molecular complexity index is 292. The maximum atomic E-state index is 4.10. The molecule has 0 spiro atoms. The van der Waals surface area contributed by atoms with E-state index in [2.05, 4.69) is 59.8 Å². The van der Waals surface area contributed by atoms with Gasteiger partial charge in [0.05, 0.1) is 0 Å².